The largest absolute Gasteiger partial charge is 0.493 e. The van der Waals surface area contributed by atoms with Crippen molar-refractivity contribution in [2.45, 2.75) is 20.8 Å². The Hall–Kier alpha value is -3.26. The molecule has 1 aromatic heterocycles. The van der Waals surface area contributed by atoms with Crippen LogP contribution in [0.2, 0.25) is 0 Å². The number of benzene rings is 1. The molecule has 0 saturated carbocycles. The zero-order chi connectivity index (χ0) is 18.7. The van der Waals surface area contributed by atoms with Gasteiger partial charge in [0.25, 0.3) is 0 Å². The van der Waals surface area contributed by atoms with Gasteiger partial charge in [-0.05, 0) is 56.2 Å². The number of furan rings is 1. The van der Waals surface area contributed by atoms with Gasteiger partial charge in [0.15, 0.2) is 12.0 Å². The van der Waals surface area contributed by atoms with Gasteiger partial charge < -0.3 is 13.9 Å². The van der Waals surface area contributed by atoms with Crippen LogP contribution in [0.5, 0.6) is 11.5 Å². The summed E-state index contributed by atoms with van der Waals surface area (Å²) in [6.07, 6.45) is 0. The number of aryl methyl sites for hydroxylation is 2. The molecule has 3 rings (SSSR count). The average Bonchev–Trinajstić information content (AvgIpc) is 2.83. The van der Waals surface area contributed by atoms with Crippen molar-refractivity contribution < 1.29 is 13.9 Å². The molecular formula is C21H19NO4. The summed E-state index contributed by atoms with van der Waals surface area (Å²) < 4.78 is 16.7. The number of ether oxygens (including phenoxy) is 2. The highest BCUT2D eigenvalue weighted by molar-refractivity contribution is 5.92. The van der Waals surface area contributed by atoms with E-state index in [0.717, 1.165) is 16.5 Å². The molecular weight excluding hydrogens is 330 g/mol. The Bertz CT molecular complexity index is 1040. The van der Waals surface area contributed by atoms with Crippen LogP contribution in [0.25, 0.3) is 21.9 Å². The zero-order valence-electron chi connectivity index (χ0n) is 15.0. The molecule has 5 nitrogen and oxygen atoms in total. The van der Waals surface area contributed by atoms with Crippen LogP contribution in [0.3, 0.4) is 0 Å². The summed E-state index contributed by atoms with van der Waals surface area (Å²) in [7, 11) is 0. The molecule has 3 aromatic rings. The van der Waals surface area contributed by atoms with E-state index in [1.54, 1.807) is 25.1 Å². The first-order valence-corrected chi connectivity index (χ1v) is 8.36. The molecule has 0 aliphatic carbocycles. The van der Waals surface area contributed by atoms with Gasteiger partial charge in [0.05, 0.1) is 17.4 Å². The lowest BCUT2D eigenvalue weighted by Gasteiger charge is -2.05. The lowest BCUT2D eigenvalue weighted by Crippen LogP contribution is -1.96. The van der Waals surface area contributed by atoms with E-state index in [9.17, 15) is 4.79 Å². The van der Waals surface area contributed by atoms with E-state index in [1.807, 2.05) is 38.1 Å². The highest BCUT2D eigenvalue weighted by Gasteiger charge is 2.16. The minimum Gasteiger partial charge on any atom is -0.493 e. The molecule has 5 heteroatoms. The van der Waals surface area contributed by atoms with E-state index < -0.39 is 0 Å². The van der Waals surface area contributed by atoms with Crippen molar-refractivity contribution in [2.24, 2.45) is 0 Å². The molecule has 2 aromatic carbocycles. The molecule has 0 bridgehead atoms. The van der Waals surface area contributed by atoms with Crippen LogP contribution >= 0.6 is 0 Å². The van der Waals surface area contributed by atoms with Gasteiger partial charge >= 0.3 is 0 Å². The third kappa shape index (κ3) is 3.27. The van der Waals surface area contributed by atoms with Crippen molar-refractivity contribution in [1.82, 2.24) is 0 Å². The summed E-state index contributed by atoms with van der Waals surface area (Å²) in [6.45, 7) is 6.00. The van der Waals surface area contributed by atoms with E-state index in [4.69, 9.17) is 19.2 Å². The average molecular weight is 349 g/mol. The summed E-state index contributed by atoms with van der Waals surface area (Å²) in [5, 5.41) is 9.85. The number of hydrogen-bond acceptors (Lipinski definition) is 5. The van der Waals surface area contributed by atoms with E-state index in [1.165, 1.54) is 0 Å². The zero-order valence-corrected chi connectivity index (χ0v) is 15.0. The van der Waals surface area contributed by atoms with Gasteiger partial charge in [-0.3, -0.25) is 4.79 Å². The fraction of sp³-hybridized carbons (Fsp3) is 0.238. The third-order valence-electron chi connectivity index (χ3n) is 4.12. The molecule has 0 amide bonds. The summed E-state index contributed by atoms with van der Waals surface area (Å²) in [5.74, 6) is 2.48. The number of nitriles is 1. The molecule has 0 aliphatic rings. The summed E-state index contributed by atoms with van der Waals surface area (Å²) in [4.78, 5) is 12.8. The lowest BCUT2D eigenvalue weighted by molar-refractivity contribution is 0.344. The Morgan fingerprint density at radius 2 is 1.69 bits per heavy atom. The standard InChI is InChI=1S/C21H19NO4/c1-4-24-19-12-16(15-5-7-17(8-6-15)25-10-9-22)11-18(23)20-13(2)26-14(3)21(19)20/h5-8,11-12H,4,10H2,1-3H3. The van der Waals surface area contributed by atoms with Gasteiger partial charge in [-0.2, -0.15) is 5.26 Å². The van der Waals surface area contributed by atoms with E-state index >= 15 is 0 Å². The third-order valence-corrected chi connectivity index (χ3v) is 4.12. The number of nitrogens with zero attached hydrogens (tertiary/aromatic N) is 1. The SMILES string of the molecule is CCOc1cc(-c2ccc(OCC#N)cc2)cc(=O)c2c(C)oc(C)c12. The number of rotatable bonds is 5. The molecule has 0 radical (unpaired) electrons. The van der Waals surface area contributed by atoms with Crippen LogP contribution in [0.15, 0.2) is 45.6 Å². The minimum absolute atomic E-state index is 0.00418. The van der Waals surface area contributed by atoms with Gasteiger partial charge in [-0.15, -0.1) is 0 Å². The predicted octanol–water partition coefficient (Wildman–Crippen LogP) is 4.38. The molecule has 26 heavy (non-hydrogen) atoms. The molecule has 0 atom stereocenters. The van der Waals surface area contributed by atoms with E-state index in [0.29, 0.717) is 35.0 Å². The van der Waals surface area contributed by atoms with Gasteiger partial charge in [-0.25, -0.2) is 0 Å². The van der Waals surface area contributed by atoms with Gasteiger partial charge in [-0.1, -0.05) is 12.1 Å². The van der Waals surface area contributed by atoms with Crippen molar-refractivity contribution in [3.8, 4) is 28.7 Å². The molecule has 1 heterocycles. The quantitative estimate of drug-likeness (QED) is 0.683. The first kappa shape index (κ1) is 17.6. The van der Waals surface area contributed by atoms with Crippen molar-refractivity contribution in [3.63, 3.8) is 0 Å². The van der Waals surface area contributed by atoms with Crippen LogP contribution in [0, 0.1) is 25.2 Å². The van der Waals surface area contributed by atoms with Crippen LogP contribution in [0.4, 0.5) is 0 Å². The maximum atomic E-state index is 12.8. The maximum absolute atomic E-state index is 12.8. The van der Waals surface area contributed by atoms with Crippen LogP contribution in [-0.2, 0) is 0 Å². The summed E-state index contributed by atoms with van der Waals surface area (Å²) in [6, 6.07) is 12.6. The van der Waals surface area contributed by atoms with Crippen LogP contribution in [0.1, 0.15) is 18.4 Å². The molecule has 132 valence electrons. The second-order valence-electron chi connectivity index (χ2n) is 5.84. The normalized spacial score (nSPS) is 10.5. The Morgan fingerprint density at radius 1 is 1.00 bits per heavy atom. The monoisotopic (exact) mass is 349 g/mol. The Balaban J connectivity index is 2.18. The Labute approximate surface area is 151 Å². The van der Waals surface area contributed by atoms with Crippen molar-refractivity contribution in [3.05, 3.63) is 58.1 Å². The van der Waals surface area contributed by atoms with Gasteiger partial charge in [0.2, 0.25) is 0 Å². The minimum atomic E-state index is -0.111. The van der Waals surface area contributed by atoms with Gasteiger partial charge in [0, 0.05) is 0 Å². The number of hydrogen-bond donors (Lipinski definition) is 0. The van der Waals surface area contributed by atoms with Crippen molar-refractivity contribution in [1.29, 1.82) is 5.26 Å². The molecule has 0 aliphatic heterocycles. The fourth-order valence-corrected chi connectivity index (χ4v) is 3.04. The lowest BCUT2D eigenvalue weighted by atomic mass is 10.1. The molecule has 0 spiro atoms. The second kappa shape index (κ2) is 7.32. The van der Waals surface area contributed by atoms with E-state index in [-0.39, 0.29) is 12.0 Å². The summed E-state index contributed by atoms with van der Waals surface area (Å²) in [5.41, 5.74) is 1.50. The fourth-order valence-electron chi connectivity index (χ4n) is 3.04. The van der Waals surface area contributed by atoms with Crippen LogP contribution < -0.4 is 14.9 Å². The topological polar surface area (TPSA) is 72.5 Å². The highest BCUT2D eigenvalue weighted by atomic mass is 16.5. The first-order valence-electron chi connectivity index (χ1n) is 8.36. The molecule has 0 saturated heterocycles. The van der Waals surface area contributed by atoms with Gasteiger partial charge in [0.1, 0.15) is 29.1 Å². The van der Waals surface area contributed by atoms with Crippen LogP contribution in [-0.4, -0.2) is 13.2 Å². The molecule has 0 N–H and O–H groups in total. The first-order chi connectivity index (χ1) is 12.5. The molecule has 0 fully saturated rings. The van der Waals surface area contributed by atoms with Crippen molar-refractivity contribution >= 4 is 10.8 Å². The predicted molar refractivity (Wildman–Crippen MR) is 99.7 cm³/mol. The molecule has 0 unspecified atom stereocenters. The summed E-state index contributed by atoms with van der Waals surface area (Å²) >= 11 is 0. The maximum Gasteiger partial charge on any atom is 0.190 e. The number of fused-ring (bicyclic) bond motifs is 1. The van der Waals surface area contributed by atoms with Crippen molar-refractivity contribution in [2.75, 3.05) is 13.2 Å². The van der Waals surface area contributed by atoms with E-state index in [2.05, 4.69) is 0 Å². The second-order valence-corrected chi connectivity index (χ2v) is 5.84. The Kier molecular flexibility index (Phi) is 4.94. The highest BCUT2D eigenvalue weighted by Crippen LogP contribution is 2.33. The Morgan fingerprint density at radius 3 is 2.35 bits per heavy atom. The smallest absolute Gasteiger partial charge is 0.190 e.